The van der Waals surface area contributed by atoms with Crippen LogP contribution in [0, 0.1) is 0 Å². The molecule has 0 atom stereocenters. The van der Waals surface area contributed by atoms with Gasteiger partial charge in [-0.3, -0.25) is 4.79 Å². The topological polar surface area (TPSA) is 107 Å². The number of esters is 1. The van der Waals surface area contributed by atoms with Crippen LogP contribution in [0.15, 0.2) is 18.2 Å². The van der Waals surface area contributed by atoms with Crippen LogP contribution in [0.2, 0.25) is 0 Å². The molecule has 16 heavy (non-hydrogen) atoms. The van der Waals surface area contributed by atoms with E-state index in [1.807, 2.05) is 0 Å². The number of rotatable bonds is 3. The molecule has 0 fully saturated rings. The van der Waals surface area contributed by atoms with Crippen molar-refractivity contribution in [2.45, 2.75) is 0 Å². The average Bonchev–Trinajstić information content (AvgIpc) is 2.26. The number of Topliss-reactive ketones (excluding diaryl/α,β-unsaturated/α-hetero) is 1. The molecule has 6 heteroatoms. The van der Waals surface area contributed by atoms with Gasteiger partial charge in [0.1, 0.15) is 0 Å². The van der Waals surface area contributed by atoms with Gasteiger partial charge < -0.3 is 15.6 Å². The lowest BCUT2D eigenvalue weighted by molar-refractivity contribution is -0.131. The van der Waals surface area contributed by atoms with E-state index in [1.165, 1.54) is 18.2 Å². The number of carboxylic acids is 1. The van der Waals surface area contributed by atoms with E-state index < -0.39 is 17.7 Å². The lowest BCUT2D eigenvalue weighted by Crippen LogP contribution is -2.19. The molecule has 3 N–H and O–H groups in total. The van der Waals surface area contributed by atoms with E-state index in [9.17, 15) is 14.4 Å². The second-order valence-electron chi connectivity index (χ2n) is 2.90. The number of methoxy groups -OCH3 is 1. The van der Waals surface area contributed by atoms with Crippen molar-refractivity contribution >= 4 is 23.4 Å². The fraction of sp³-hybridized carbons (Fsp3) is 0.100. The Bertz CT molecular complexity index is 466. The molecule has 0 saturated carbocycles. The second kappa shape index (κ2) is 4.43. The standard InChI is InChI=1S/C10H9NO5/c1-16-10(15)7-5(8(12)9(13)14)3-2-4-6(7)11/h2-4H,11H2,1H3,(H,13,14). The summed E-state index contributed by atoms with van der Waals surface area (Å²) in [6.07, 6.45) is 0. The van der Waals surface area contributed by atoms with Crippen molar-refractivity contribution in [2.24, 2.45) is 0 Å². The average molecular weight is 223 g/mol. The van der Waals surface area contributed by atoms with Gasteiger partial charge in [0.2, 0.25) is 0 Å². The zero-order valence-electron chi connectivity index (χ0n) is 8.39. The number of benzene rings is 1. The first-order chi connectivity index (χ1) is 7.49. The molecule has 1 aromatic carbocycles. The highest BCUT2D eigenvalue weighted by Gasteiger charge is 2.24. The van der Waals surface area contributed by atoms with Crippen LogP contribution >= 0.6 is 0 Å². The minimum atomic E-state index is -1.66. The normalized spacial score (nSPS) is 9.56. The number of aliphatic carboxylic acids is 1. The van der Waals surface area contributed by atoms with Crippen LogP contribution in [0.25, 0.3) is 0 Å². The predicted octanol–water partition coefficient (Wildman–Crippen LogP) is 0.323. The molecule has 0 aromatic heterocycles. The first kappa shape index (κ1) is 11.7. The van der Waals surface area contributed by atoms with E-state index in [1.54, 1.807) is 0 Å². The lowest BCUT2D eigenvalue weighted by Gasteiger charge is -2.07. The van der Waals surface area contributed by atoms with Crippen molar-refractivity contribution in [1.29, 1.82) is 0 Å². The highest BCUT2D eigenvalue weighted by molar-refractivity contribution is 6.41. The van der Waals surface area contributed by atoms with Gasteiger partial charge in [-0.25, -0.2) is 9.59 Å². The van der Waals surface area contributed by atoms with Crippen LogP contribution in [0.5, 0.6) is 0 Å². The Hall–Kier alpha value is -2.37. The SMILES string of the molecule is COC(=O)c1c(N)cccc1C(=O)C(=O)O. The fourth-order valence-electron chi connectivity index (χ4n) is 1.20. The summed E-state index contributed by atoms with van der Waals surface area (Å²) in [5.74, 6) is -3.70. The fourth-order valence-corrected chi connectivity index (χ4v) is 1.20. The van der Waals surface area contributed by atoms with Crippen molar-refractivity contribution in [1.82, 2.24) is 0 Å². The number of hydrogen-bond acceptors (Lipinski definition) is 5. The van der Waals surface area contributed by atoms with Gasteiger partial charge >= 0.3 is 11.9 Å². The van der Waals surface area contributed by atoms with E-state index in [4.69, 9.17) is 10.8 Å². The predicted molar refractivity (Wildman–Crippen MR) is 54.2 cm³/mol. The smallest absolute Gasteiger partial charge is 0.377 e. The monoisotopic (exact) mass is 223 g/mol. The van der Waals surface area contributed by atoms with Gasteiger partial charge in [-0.2, -0.15) is 0 Å². The molecular weight excluding hydrogens is 214 g/mol. The first-order valence-corrected chi connectivity index (χ1v) is 4.23. The van der Waals surface area contributed by atoms with Crippen LogP contribution in [0.1, 0.15) is 20.7 Å². The number of nitrogen functional groups attached to an aromatic ring is 1. The lowest BCUT2D eigenvalue weighted by atomic mass is 10.0. The maximum absolute atomic E-state index is 11.3. The second-order valence-corrected chi connectivity index (χ2v) is 2.90. The third-order valence-electron chi connectivity index (χ3n) is 1.93. The number of carbonyl (C=O) groups excluding carboxylic acids is 2. The Labute approximate surface area is 90.6 Å². The van der Waals surface area contributed by atoms with Gasteiger partial charge in [0, 0.05) is 11.3 Å². The van der Waals surface area contributed by atoms with E-state index in [2.05, 4.69) is 4.74 Å². The molecule has 1 rings (SSSR count). The van der Waals surface area contributed by atoms with Crippen molar-refractivity contribution in [3.8, 4) is 0 Å². The number of ether oxygens (including phenoxy) is 1. The zero-order chi connectivity index (χ0) is 12.3. The van der Waals surface area contributed by atoms with Gasteiger partial charge in [-0.05, 0) is 12.1 Å². The van der Waals surface area contributed by atoms with Crippen molar-refractivity contribution < 1.29 is 24.2 Å². The molecule has 6 nitrogen and oxygen atoms in total. The van der Waals surface area contributed by atoms with Crippen LogP contribution in [-0.2, 0) is 9.53 Å². The van der Waals surface area contributed by atoms with E-state index in [0.29, 0.717) is 0 Å². The van der Waals surface area contributed by atoms with Crippen molar-refractivity contribution in [3.05, 3.63) is 29.3 Å². The highest BCUT2D eigenvalue weighted by atomic mass is 16.5. The number of ketones is 1. The Morgan fingerprint density at radius 1 is 1.31 bits per heavy atom. The van der Waals surface area contributed by atoms with Crippen LogP contribution < -0.4 is 5.73 Å². The number of anilines is 1. The van der Waals surface area contributed by atoms with Crippen LogP contribution in [0.4, 0.5) is 5.69 Å². The van der Waals surface area contributed by atoms with Gasteiger partial charge in [0.05, 0.1) is 12.7 Å². The van der Waals surface area contributed by atoms with E-state index in [-0.39, 0.29) is 16.8 Å². The quantitative estimate of drug-likeness (QED) is 0.331. The Morgan fingerprint density at radius 2 is 1.94 bits per heavy atom. The molecule has 84 valence electrons. The zero-order valence-corrected chi connectivity index (χ0v) is 8.39. The van der Waals surface area contributed by atoms with Gasteiger partial charge in [0.25, 0.3) is 5.78 Å². The van der Waals surface area contributed by atoms with Gasteiger partial charge in [-0.15, -0.1) is 0 Å². The summed E-state index contributed by atoms with van der Waals surface area (Å²) in [7, 11) is 1.11. The Balaban J connectivity index is 3.39. The molecule has 0 saturated heterocycles. The summed E-state index contributed by atoms with van der Waals surface area (Å²) in [6.45, 7) is 0. The summed E-state index contributed by atoms with van der Waals surface area (Å²) in [5.41, 5.74) is 4.99. The van der Waals surface area contributed by atoms with Crippen molar-refractivity contribution in [3.63, 3.8) is 0 Å². The van der Waals surface area contributed by atoms with Gasteiger partial charge in [-0.1, -0.05) is 6.07 Å². The maximum Gasteiger partial charge on any atom is 0.377 e. The minimum Gasteiger partial charge on any atom is -0.475 e. The molecule has 1 aromatic rings. The number of hydrogen-bond donors (Lipinski definition) is 2. The number of carbonyl (C=O) groups is 3. The molecule has 0 radical (unpaired) electrons. The van der Waals surface area contributed by atoms with E-state index in [0.717, 1.165) is 7.11 Å². The molecular formula is C10H9NO5. The van der Waals surface area contributed by atoms with E-state index >= 15 is 0 Å². The number of carboxylic acid groups (broad SMARTS) is 1. The third-order valence-corrected chi connectivity index (χ3v) is 1.93. The van der Waals surface area contributed by atoms with Gasteiger partial charge in [0.15, 0.2) is 0 Å². The summed E-state index contributed by atoms with van der Waals surface area (Å²) >= 11 is 0. The van der Waals surface area contributed by atoms with Crippen LogP contribution in [0.3, 0.4) is 0 Å². The van der Waals surface area contributed by atoms with Crippen LogP contribution in [-0.4, -0.2) is 29.9 Å². The van der Waals surface area contributed by atoms with Crippen molar-refractivity contribution in [2.75, 3.05) is 12.8 Å². The molecule has 0 unspecified atom stereocenters. The number of nitrogens with two attached hydrogens (primary N) is 1. The highest BCUT2D eigenvalue weighted by Crippen LogP contribution is 2.18. The molecule has 0 aliphatic heterocycles. The first-order valence-electron chi connectivity index (χ1n) is 4.23. The molecule has 0 aliphatic rings. The Morgan fingerprint density at radius 3 is 2.44 bits per heavy atom. The summed E-state index contributed by atoms with van der Waals surface area (Å²) < 4.78 is 4.42. The molecule has 0 aliphatic carbocycles. The third kappa shape index (κ3) is 2.00. The summed E-state index contributed by atoms with van der Waals surface area (Å²) in [5, 5.41) is 8.56. The maximum atomic E-state index is 11.3. The molecule has 0 spiro atoms. The molecule has 0 heterocycles. The molecule has 0 bridgehead atoms. The summed E-state index contributed by atoms with van der Waals surface area (Å²) in [6, 6.07) is 3.97. The largest absolute Gasteiger partial charge is 0.475 e. The Kier molecular flexibility index (Phi) is 3.24. The molecule has 0 amide bonds. The minimum absolute atomic E-state index is 0.000972. The summed E-state index contributed by atoms with van der Waals surface area (Å²) in [4.78, 5) is 33.1.